The van der Waals surface area contributed by atoms with Gasteiger partial charge in [-0.15, -0.1) is 0 Å². The lowest BCUT2D eigenvalue weighted by Crippen LogP contribution is -2.01. The molecule has 1 aromatic heterocycles. The van der Waals surface area contributed by atoms with Crippen LogP contribution in [0.5, 0.6) is 0 Å². The van der Waals surface area contributed by atoms with E-state index in [1.165, 1.54) is 23.6 Å². The van der Waals surface area contributed by atoms with Crippen molar-refractivity contribution in [3.05, 3.63) is 77.5 Å². The second-order valence-corrected chi connectivity index (χ2v) is 5.22. The number of aryl methyl sites for hydroxylation is 2. The highest BCUT2D eigenvalue weighted by atomic mass is 16.5. The summed E-state index contributed by atoms with van der Waals surface area (Å²) in [5.74, 6) is -0.301. The number of fused-ring (bicyclic) bond motifs is 1. The predicted molar refractivity (Wildman–Crippen MR) is 86.9 cm³/mol. The molecule has 0 saturated carbocycles. The Labute approximate surface area is 129 Å². The molecule has 22 heavy (non-hydrogen) atoms. The normalized spacial score (nSPS) is 10.6. The monoisotopic (exact) mass is 291 g/mol. The van der Waals surface area contributed by atoms with E-state index in [0.717, 1.165) is 18.4 Å². The third-order valence-corrected chi connectivity index (χ3v) is 3.72. The predicted octanol–water partition coefficient (Wildman–Crippen LogP) is 3.81. The summed E-state index contributed by atoms with van der Waals surface area (Å²) in [5.41, 5.74) is 4.02. The first-order valence-corrected chi connectivity index (χ1v) is 7.27. The number of esters is 1. The Kier molecular flexibility index (Phi) is 4.15. The van der Waals surface area contributed by atoms with Crippen molar-refractivity contribution in [1.29, 1.82) is 0 Å². The van der Waals surface area contributed by atoms with Crippen molar-refractivity contribution in [3.8, 4) is 0 Å². The average Bonchev–Trinajstić information content (AvgIpc) is 2.59. The fraction of sp³-hybridized carbons (Fsp3) is 0.158. The van der Waals surface area contributed by atoms with E-state index in [9.17, 15) is 4.79 Å². The largest absolute Gasteiger partial charge is 0.465 e. The van der Waals surface area contributed by atoms with Crippen molar-refractivity contribution >= 4 is 16.9 Å². The molecule has 0 aliphatic carbocycles. The van der Waals surface area contributed by atoms with Gasteiger partial charge in [0, 0.05) is 11.6 Å². The lowest BCUT2D eigenvalue weighted by atomic mass is 10.0. The molecule has 0 fully saturated rings. The molecule has 3 rings (SSSR count). The van der Waals surface area contributed by atoms with Gasteiger partial charge >= 0.3 is 5.97 Å². The zero-order valence-electron chi connectivity index (χ0n) is 12.5. The lowest BCUT2D eigenvalue weighted by Gasteiger charge is -2.05. The van der Waals surface area contributed by atoms with Crippen LogP contribution in [0.3, 0.4) is 0 Å². The summed E-state index contributed by atoms with van der Waals surface area (Å²) in [4.78, 5) is 15.9. The van der Waals surface area contributed by atoms with Crippen LogP contribution in [0.2, 0.25) is 0 Å². The standard InChI is InChI=1S/C19H17NO2/c1-22-19(21)16-10-8-14(9-11-16)6-7-15-12-17-4-2-3-5-18(17)20-13-15/h2-5,8-13H,6-7H2,1H3. The molecule has 0 aliphatic rings. The molecule has 0 saturated heterocycles. The minimum absolute atomic E-state index is 0.301. The lowest BCUT2D eigenvalue weighted by molar-refractivity contribution is 0.0600. The number of carbonyl (C=O) groups is 1. The maximum Gasteiger partial charge on any atom is 0.337 e. The number of para-hydroxylation sites is 1. The first kappa shape index (κ1) is 14.3. The summed E-state index contributed by atoms with van der Waals surface area (Å²) in [6.07, 6.45) is 3.78. The van der Waals surface area contributed by atoms with E-state index >= 15 is 0 Å². The number of pyridine rings is 1. The molecule has 0 radical (unpaired) electrons. The zero-order valence-corrected chi connectivity index (χ0v) is 12.5. The highest BCUT2D eigenvalue weighted by Crippen LogP contribution is 2.15. The van der Waals surface area contributed by atoms with Crippen LogP contribution in [0.4, 0.5) is 0 Å². The fourth-order valence-corrected chi connectivity index (χ4v) is 2.47. The molecule has 0 N–H and O–H groups in total. The van der Waals surface area contributed by atoms with Gasteiger partial charge in [-0.1, -0.05) is 30.3 Å². The van der Waals surface area contributed by atoms with Gasteiger partial charge in [-0.05, 0) is 48.2 Å². The Bertz CT molecular complexity index is 794. The quantitative estimate of drug-likeness (QED) is 0.686. The Morgan fingerprint density at radius 2 is 1.73 bits per heavy atom. The van der Waals surface area contributed by atoms with Gasteiger partial charge in [0.15, 0.2) is 0 Å². The molecule has 0 spiro atoms. The first-order chi connectivity index (χ1) is 10.8. The number of hydrogen-bond acceptors (Lipinski definition) is 3. The van der Waals surface area contributed by atoms with E-state index in [0.29, 0.717) is 5.56 Å². The molecule has 0 atom stereocenters. The second kappa shape index (κ2) is 6.39. The number of rotatable bonds is 4. The number of nitrogens with zero attached hydrogens (tertiary/aromatic N) is 1. The molecule has 3 heteroatoms. The molecule has 0 bridgehead atoms. The molecular weight excluding hydrogens is 274 g/mol. The van der Waals surface area contributed by atoms with Crippen molar-refractivity contribution < 1.29 is 9.53 Å². The highest BCUT2D eigenvalue weighted by molar-refractivity contribution is 5.89. The molecular formula is C19H17NO2. The summed E-state index contributed by atoms with van der Waals surface area (Å²) in [7, 11) is 1.39. The molecule has 0 aliphatic heterocycles. The third-order valence-electron chi connectivity index (χ3n) is 3.72. The van der Waals surface area contributed by atoms with E-state index in [-0.39, 0.29) is 5.97 Å². The van der Waals surface area contributed by atoms with Gasteiger partial charge in [-0.2, -0.15) is 0 Å². The van der Waals surface area contributed by atoms with Gasteiger partial charge in [0.05, 0.1) is 18.2 Å². The molecule has 2 aromatic carbocycles. The fourth-order valence-electron chi connectivity index (χ4n) is 2.47. The molecule has 1 heterocycles. The Morgan fingerprint density at radius 3 is 2.50 bits per heavy atom. The average molecular weight is 291 g/mol. The van der Waals surface area contributed by atoms with Gasteiger partial charge < -0.3 is 4.74 Å². The molecule has 0 amide bonds. The number of carbonyl (C=O) groups excluding carboxylic acids is 1. The van der Waals surface area contributed by atoms with E-state index in [4.69, 9.17) is 4.74 Å². The van der Waals surface area contributed by atoms with Gasteiger partial charge in [0.25, 0.3) is 0 Å². The SMILES string of the molecule is COC(=O)c1ccc(CCc2cnc3ccccc3c2)cc1. The Balaban J connectivity index is 1.69. The van der Waals surface area contributed by atoms with E-state index < -0.39 is 0 Å². The topological polar surface area (TPSA) is 39.2 Å². The molecule has 3 nitrogen and oxygen atoms in total. The van der Waals surface area contributed by atoms with Crippen LogP contribution in [0, 0.1) is 0 Å². The number of hydrogen-bond donors (Lipinski definition) is 0. The number of benzene rings is 2. The maximum atomic E-state index is 11.4. The summed E-state index contributed by atoms with van der Waals surface area (Å²) in [6.45, 7) is 0. The van der Waals surface area contributed by atoms with Gasteiger partial charge in [-0.25, -0.2) is 4.79 Å². The van der Waals surface area contributed by atoms with Crippen molar-refractivity contribution in [1.82, 2.24) is 4.98 Å². The zero-order chi connectivity index (χ0) is 15.4. The van der Waals surface area contributed by atoms with Gasteiger partial charge in [0.1, 0.15) is 0 Å². The smallest absolute Gasteiger partial charge is 0.337 e. The summed E-state index contributed by atoms with van der Waals surface area (Å²) in [5, 5.41) is 1.17. The first-order valence-electron chi connectivity index (χ1n) is 7.27. The van der Waals surface area contributed by atoms with Crippen LogP contribution in [-0.2, 0) is 17.6 Å². The number of aromatic nitrogens is 1. The van der Waals surface area contributed by atoms with Crippen molar-refractivity contribution in [2.45, 2.75) is 12.8 Å². The second-order valence-electron chi connectivity index (χ2n) is 5.22. The summed E-state index contributed by atoms with van der Waals surface area (Å²) in [6, 6.07) is 17.9. The molecule has 110 valence electrons. The molecule has 3 aromatic rings. The minimum Gasteiger partial charge on any atom is -0.465 e. The van der Waals surface area contributed by atoms with Gasteiger partial charge in [0.2, 0.25) is 0 Å². The number of methoxy groups -OCH3 is 1. The third kappa shape index (κ3) is 3.14. The van der Waals surface area contributed by atoms with E-state index in [1.54, 1.807) is 12.1 Å². The van der Waals surface area contributed by atoms with Crippen molar-refractivity contribution in [2.24, 2.45) is 0 Å². The highest BCUT2D eigenvalue weighted by Gasteiger charge is 2.04. The van der Waals surface area contributed by atoms with Gasteiger partial charge in [-0.3, -0.25) is 4.98 Å². The van der Waals surface area contributed by atoms with Crippen LogP contribution in [0.1, 0.15) is 21.5 Å². The summed E-state index contributed by atoms with van der Waals surface area (Å²) < 4.78 is 4.70. The van der Waals surface area contributed by atoms with Crippen LogP contribution in [0.25, 0.3) is 10.9 Å². The Hall–Kier alpha value is -2.68. The summed E-state index contributed by atoms with van der Waals surface area (Å²) >= 11 is 0. The molecule has 0 unspecified atom stereocenters. The van der Waals surface area contributed by atoms with Crippen molar-refractivity contribution in [3.63, 3.8) is 0 Å². The van der Waals surface area contributed by atoms with Crippen LogP contribution >= 0.6 is 0 Å². The van der Waals surface area contributed by atoms with Crippen LogP contribution in [-0.4, -0.2) is 18.1 Å². The minimum atomic E-state index is -0.301. The number of ether oxygens (including phenoxy) is 1. The van der Waals surface area contributed by atoms with Crippen LogP contribution < -0.4 is 0 Å². The maximum absolute atomic E-state index is 11.4. The van der Waals surface area contributed by atoms with Crippen LogP contribution in [0.15, 0.2) is 60.8 Å². The van der Waals surface area contributed by atoms with E-state index in [1.807, 2.05) is 36.5 Å². The Morgan fingerprint density at radius 1 is 1.00 bits per heavy atom. The van der Waals surface area contributed by atoms with E-state index in [2.05, 4.69) is 17.1 Å². The van der Waals surface area contributed by atoms with Crippen molar-refractivity contribution in [2.75, 3.05) is 7.11 Å².